The van der Waals surface area contributed by atoms with E-state index >= 15 is 0 Å². The number of hydrogen-bond donors (Lipinski definition) is 2. The van der Waals surface area contributed by atoms with Crippen molar-refractivity contribution in [1.82, 2.24) is 5.32 Å². The first-order valence-corrected chi connectivity index (χ1v) is 15.3. The molecule has 4 rings (SSSR count). The topological polar surface area (TPSA) is 90.7 Å². The first-order valence-electron chi connectivity index (χ1n) is 15.3. The van der Waals surface area contributed by atoms with E-state index in [2.05, 4.69) is 19.2 Å². The van der Waals surface area contributed by atoms with Crippen molar-refractivity contribution in [3.05, 3.63) is 70.8 Å². The smallest absolute Gasteiger partial charge is 0.309 e. The molecule has 218 valence electrons. The lowest BCUT2D eigenvalue weighted by molar-refractivity contribution is -0.151. The van der Waals surface area contributed by atoms with Crippen molar-refractivity contribution in [2.24, 2.45) is 17.6 Å². The maximum absolute atomic E-state index is 13.4. The molecule has 2 aliphatic rings. The molecule has 6 heteroatoms. The van der Waals surface area contributed by atoms with Crippen molar-refractivity contribution in [2.75, 3.05) is 13.7 Å². The average molecular weight is 549 g/mol. The number of carbonyl (C=O) groups excluding carboxylic acids is 2. The second-order valence-corrected chi connectivity index (χ2v) is 11.8. The monoisotopic (exact) mass is 548 g/mol. The fourth-order valence-electron chi connectivity index (χ4n) is 7.26. The van der Waals surface area contributed by atoms with E-state index in [1.165, 1.54) is 43.2 Å². The molecule has 1 amide bonds. The van der Waals surface area contributed by atoms with E-state index in [-0.39, 0.29) is 29.4 Å². The summed E-state index contributed by atoms with van der Waals surface area (Å²) >= 11 is 0. The van der Waals surface area contributed by atoms with E-state index < -0.39 is 5.91 Å². The van der Waals surface area contributed by atoms with Gasteiger partial charge in [-0.3, -0.25) is 9.59 Å². The van der Waals surface area contributed by atoms with E-state index in [0.29, 0.717) is 24.6 Å². The number of rotatable bonds is 13. The second kappa shape index (κ2) is 14.3. The standard InChI is InChI=1S/C34H48N2O4/c1-4-34(5-2)29-21-27(32(35)37)17-16-26(29)22-30(39-3)31(34)36-19-18-28(20-24-12-8-6-9-13-24)33(38)40-23-25-14-10-7-11-15-25/h7,10-11,14-17,21,24,28,30-31,36H,4-6,8-9,12-13,18-20,22-23H2,1-3H3,(H2,35,37)/t28-,30+,31-/m1/s1. The Bertz CT molecular complexity index is 1110. The van der Waals surface area contributed by atoms with Gasteiger partial charge in [0.25, 0.3) is 0 Å². The third-order valence-corrected chi connectivity index (χ3v) is 9.64. The molecule has 2 aliphatic carbocycles. The maximum atomic E-state index is 13.4. The molecule has 6 nitrogen and oxygen atoms in total. The molecule has 40 heavy (non-hydrogen) atoms. The molecular formula is C34H48N2O4. The predicted octanol–water partition coefficient (Wildman–Crippen LogP) is 6.09. The summed E-state index contributed by atoms with van der Waals surface area (Å²) in [5.41, 5.74) is 9.44. The Kier molecular flexibility index (Phi) is 10.8. The molecule has 1 saturated carbocycles. The van der Waals surface area contributed by atoms with Crippen LogP contribution in [0.4, 0.5) is 0 Å². The van der Waals surface area contributed by atoms with Crippen LogP contribution >= 0.6 is 0 Å². The normalized spacial score (nSPS) is 21.4. The first-order chi connectivity index (χ1) is 19.4. The Hall–Kier alpha value is -2.70. The van der Waals surface area contributed by atoms with E-state index in [1.807, 2.05) is 48.5 Å². The van der Waals surface area contributed by atoms with Crippen molar-refractivity contribution in [1.29, 1.82) is 0 Å². The van der Waals surface area contributed by atoms with Crippen LogP contribution in [0.1, 0.15) is 98.7 Å². The van der Waals surface area contributed by atoms with Crippen molar-refractivity contribution in [2.45, 2.75) is 102 Å². The van der Waals surface area contributed by atoms with Gasteiger partial charge in [0.15, 0.2) is 0 Å². The Morgan fingerprint density at radius 2 is 1.77 bits per heavy atom. The number of nitrogens with one attached hydrogen (secondary N) is 1. The number of amides is 1. The van der Waals surface area contributed by atoms with Crippen molar-refractivity contribution < 1.29 is 19.1 Å². The van der Waals surface area contributed by atoms with Crippen molar-refractivity contribution >= 4 is 11.9 Å². The zero-order valence-electron chi connectivity index (χ0n) is 24.6. The van der Waals surface area contributed by atoms with Gasteiger partial charge in [0.2, 0.25) is 5.91 Å². The SMILES string of the molecule is CCC1(CC)c2cc(C(N)=O)ccc2C[C@H](OC)[C@H]1NCC[C@H](CC1CCCCC1)C(=O)OCc1ccccc1. The highest BCUT2D eigenvalue weighted by Crippen LogP contribution is 2.44. The first kappa shape index (κ1) is 30.3. The van der Waals surface area contributed by atoms with Gasteiger partial charge >= 0.3 is 5.97 Å². The van der Waals surface area contributed by atoms with Gasteiger partial charge in [-0.2, -0.15) is 0 Å². The van der Waals surface area contributed by atoms with Crippen LogP contribution < -0.4 is 11.1 Å². The van der Waals surface area contributed by atoms with Crippen LogP contribution in [0.2, 0.25) is 0 Å². The van der Waals surface area contributed by atoms with Crippen LogP contribution in [0.5, 0.6) is 0 Å². The Morgan fingerprint density at radius 1 is 1.05 bits per heavy atom. The highest BCUT2D eigenvalue weighted by atomic mass is 16.5. The Morgan fingerprint density at radius 3 is 2.42 bits per heavy atom. The van der Waals surface area contributed by atoms with Crippen LogP contribution in [0, 0.1) is 11.8 Å². The molecule has 0 bridgehead atoms. The van der Waals surface area contributed by atoms with Crippen molar-refractivity contribution in [3.8, 4) is 0 Å². The third-order valence-electron chi connectivity index (χ3n) is 9.64. The summed E-state index contributed by atoms with van der Waals surface area (Å²) in [6, 6.07) is 15.8. The van der Waals surface area contributed by atoms with Gasteiger partial charge in [0.05, 0.1) is 12.0 Å². The number of ether oxygens (including phenoxy) is 2. The molecule has 0 saturated heterocycles. The molecule has 0 radical (unpaired) electrons. The number of esters is 1. The van der Waals surface area contributed by atoms with Gasteiger partial charge in [-0.1, -0.05) is 82.3 Å². The van der Waals surface area contributed by atoms with Crippen LogP contribution in [0.3, 0.4) is 0 Å². The summed E-state index contributed by atoms with van der Waals surface area (Å²) in [5, 5.41) is 3.85. The molecule has 3 N–H and O–H groups in total. The average Bonchev–Trinajstić information content (AvgIpc) is 2.99. The van der Waals surface area contributed by atoms with E-state index in [4.69, 9.17) is 15.2 Å². The molecule has 3 atom stereocenters. The number of carbonyl (C=O) groups is 2. The molecule has 0 aliphatic heterocycles. The minimum atomic E-state index is -0.401. The number of methoxy groups -OCH3 is 1. The summed E-state index contributed by atoms with van der Waals surface area (Å²) < 4.78 is 11.9. The number of nitrogens with two attached hydrogens (primary N) is 1. The fourth-order valence-corrected chi connectivity index (χ4v) is 7.26. The highest BCUT2D eigenvalue weighted by Gasteiger charge is 2.47. The van der Waals surface area contributed by atoms with E-state index in [1.54, 1.807) is 7.11 Å². The zero-order valence-corrected chi connectivity index (χ0v) is 24.6. The lowest BCUT2D eigenvalue weighted by Gasteiger charge is -2.49. The molecule has 1 fully saturated rings. The van der Waals surface area contributed by atoms with Gasteiger partial charge < -0.3 is 20.5 Å². The highest BCUT2D eigenvalue weighted by molar-refractivity contribution is 5.93. The van der Waals surface area contributed by atoms with Gasteiger partial charge in [-0.05, 0) is 67.0 Å². The summed E-state index contributed by atoms with van der Waals surface area (Å²) in [6.45, 7) is 5.44. The second-order valence-electron chi connectivity index (χ2n) is 11.8. The number of fused-ring (bicyclic) bond motifs is 1. The van der Waals surface area contributed by atoms with Gasteiger partial charge in [-0.25, -0.2) is 0 Å². The fraction of sp³-hybridized carbons (Fsp3) is 0.588. The molecule has 2 aromatic rings. The molecular weight excluding hydrogens is 500 g/mol. The van der Waals surface area contributed by atoms with Crippen LogP contribution in [-0.2, 0) is 32.7 Å². The Balaban J connectivity index is 1.50. The lowest BCUT2D eigenvalue weighted by Crippen LogP contribution is -2.59. The summed E-state index contributed by atoms with van der Waals surface area (Å²) in [4.78, 5) is 25.4. The van der Waals surface area contributed by atoms with E-state index in [9.17, 15) is 9.59 Å². The number of benzene rings is 2. The number of primary amides is 1. The molecule has 0 aromatic heterocycles. The predicted molar refractivity (Wildman–Crippen MR) is 159 cm³/mol. The van der Waals surface area contributed by atoms with Crippen LogP contribution in [0.25, 0.3) is 0 Å². The zero-order chi connectivity index (χ0) is 28.5. The molecule has 2 aromatic carbocycles. The molecule has 0 heterocycles. The quantitative estimate of drug-likeness (QED) is 0.296. The number of hydrogen-bond acceptors (Lipinski definition) is 5. The molecule has 0 unspecified atom stereocenters. The minimum Gasteiger partial charge on any atom is -0.461 e. The molecule has 0 spiro atoms. The third kappa shape index (κ3) is 6.95. The lowest BCUT2D eigenvalue weighted by atomic mass is 9.62. The Labute approximate surface area is 240 Å². The van der Waals surface area contributed by atoms with Gasteiger partial charge in [0.1, 0.15) is 6.61 Å². The maximum Gasteiger partial charge on any atom is 0.309 e. The summed E-state index contributed by atoms with van der Waals surface area (Å²) in [5.74, 6) is -0.0251. The van der Waals surface area contributed by atoms with Crippen LogP contribution in [-0.4, -0.2) is 37.7 Å². The largest absolute Gasteiger partial charge is 0.461 e. The van der Waals surface area contributed by atoms with Crippen LogP contribution in [0.15, 0.2) is 48.5 Å². The summed E-state index contributed by atoms with van der Waals surface area (Å²) in [6.07, 6.45) is 10.4. The van der Waals surface area contributed by atoms with E-state index in [0.717, 1.165) is 37.7 Å². The van der Waals surface area contributed by atoms with Gasteiger partial charge in [-0.15, -0.1) is 0 Å². The van der Waals surface area contributed by atoms with Crippen molar-refractivity contribution in [3.63, 3.8) is 0 Å². The summed E-state index contributed by atoms with van der Waals surface area (Å²) in [7, 11) is 1.78. The van der Waals surface area contributed by atoms with Gasteiger partial charge in [0, 0.05) is 30.6 Å². The minimum absolute atomic E-state index is 0.00588.